The number of anilines is 2. The Labute approximate surface area is 392 Å². The number of azo groups is 2. The van der Waals surface area contributed by atoms with Crippen molar-refractivity contribution in [2.24, 2.45) is 26.4 Å². The molecule has 67 heavy (non-hydrogen) atoms. The van der Waals surface area contributed by atoms with Crippen LogP contribution in [0.15, 0.2) is 127 Å². The van der Waals surface area contributed by atoms with Gasteiger partial charge in [0.15, 0.2) is 0 Å². The van der Waals surface area contributed by atoms with Crippen LogP contribution in [-0.2, 0) is 38.3 Å². The molecule has 24 nitrogen and oxygen atoms in total. The van der Waals surface area contributed by atoms with Crippen molar-refractivity contribution < 1.29 is 68.8 Å². The standard InChI is InChI=1S/C20H22N6O5S.C14H14ClN3O2S.C6H10N2O3.H3NO.H2N/c1-26(2)16-7-3-14(4-8-16)23-24-15-5-10-18(11-6-15)32(30,31)25-19(20(28)29)12-9-17(27)13-22-21;1-18(2)13-7-3-11(4-8-13)16-17-12-5-9-14(10-6-12)21(15,19)20;7-3-4(9)1-2-5(8)6(10)11;1-2;/h3-8,10-11,13,19,21,25H,9,12H2,1-2H3;3-10H,1-2H3;3,5,7H,1-2,8H2,(H,10,11);2H,1H2;1H2/q;;;;-1/p+1/i;;;2D;. The van der Waals surface area contributed by atoms with Gasteiger partial charge in [0.2, 0.25) is 29.2 Å². The summed E-state index contributed by atoms with van der Waals surface area (Å²) in [5, 5.41) is 45.5. The Hall–Kier alpha value is -7.00. The zero-order chi connectivity index (χ0) is 50.7. The summed E-state index contributed by atoms with van der Waals surface area (Å²) in [7, 11) is 5.11. The van der Waals surface area contributed by atoms with Crippen LogP contribution in [0.2, 0.25) is 1.43 Å². The Morgan fingerprint density at radius 3 is 1.43 bits per heavy atom. The first-order chi connectivity index (χ1) is 31.5. The van der Waals surface area contributed by atoms with E-state index in [-0.39, 0.29) is 47.4 Å². The number of benzene rings is 4. The van der Waals surface area contributed by atoms with Gasteiger partial charge in [-0.05, 0) is 103 Å². The molecule has 0 aliphatic rings. The summed E-state index contributed by atoms with van der Waals surface area (Å²) in [5.41, 5.74) is 14.2. The number of Topliss-reactive ketones (excluding diaryl/α,β-unsaturated/α-hetero) is 2. The molecule has 4 rings (SSSR count). The van der Waals surface area contributed by atoms with Crippen LogP contribution >= 0.6 is 10.7 Å². The summed E-state index contributed by atoms with van der Waals surface area (Å²) in [6.45, 7) is 0. The highest BCUT2D eigenvalue weighted by molar-refractivity contribution is 8.13. The number of nitrogens with one attached hydrogen (secondary N) is 2. The number of nitrogens with two attached hydrogens (primary N) is 3. The lowest BCUT2D eigenvalue weighted by atomic mass is 10.1. The number of carbonyl (C=O) groups excluding carboxylic acids is 4. The number of sulfonamides is 1. The second-order valence-electron chi connectivity index (χ2n) is 13.6. The number of rotatable bonds is 20. The molecule has 2 unspecified atom stereocenters. The third-order valence-electron chi connectivity index (χ3n) is 8.29. The largest absolute Gasteiger partial charge is 0.693 e. The summed E-state index contributed by atoms with van der Waals surface area (Å²) in [6.07, 6.45) is 1.27. The van der Waals surface area contributed by atoms with Crippen LogP contribution in [0, 0.1) is 5.53 Å². The van der Waals surface area contributed by atoms with Crippen molar-refractivity contribution >= 4 is 99.8 Å². The second-order valence-corrected chi connectivity index (χ2v) is 17.9. The van der Waals surface area contributed by atoms with Gasteiger partial charge in [-0.1, -0.05) is 0 Å². The molecule has 0 saturated carbocycles. The normalized spacial score (nSPS) is 11.8. The molecule has 2 atom stereocenters. The number of ketones is 2. The fraction of sp³-hybridized carbons (Fsp3) is 0.250. The first kappa shape index (κ1) is 58.0. The number of hydrogen-bond acceptors (Lipinski definition) is 19. The van der Waals surface area contributed by atoms with Crippen molar-refractivity contribution in [2.75, 3.05) is 38.0 Å². The first-order valence-corrected chi connectivity index (χ1v) is 22.7. The summed E-state index contributed by atoms with van der Waals surface area (Å²) >= 11 is 0. The van der Waals surface area contributed by atoms with Gasteiger partial charge in [-0.2, -0.15) is 20.5 Å². The van der Waals surface area contributed by atoms with Crippen LogP contribution in [0.5, 0.6) is 0 Å². The van der Waals surface area contributed by atoms with Crippen molar-refractivity contribution in [3.63, 3.8) is 0 Å². The van der Waals surface area contributed by atoms with E-state index in [9.17, 15) is 46.2 Å². The number of quaternary nitrogens is 1. The number of aliphatic carboxylic acids is 2. The van der Waals surface area contributed by atoms with E-state index in [0.29, 0.717) is 23.3 Å². The molecule has 0 aromatic heterocycles. The Kier molecular flexibility index (Phi) is 26.2. The Bertz CT molecular complexity index is 2580. The van der Waals surface area contributed by atoms with Gasteiger partial charge in [0.05, 0.1) is 60.8 Å². The fourth-order valence-corrected chi connectivity index (χ4v) is 6.64. The quantitative estimate of drug-likeness (QED) is 0.0236. The molecule has 0 aliphatic heterocycles. The second kappa shape index (κ2) is 30.3. The molecule has 27 heteroatoms. The maximum absolute atomic E-state index is 12.5. The molecule has 0 amide bonds. The number of carbonyl (C=O) groups is 4. The monoisotopic (exact) mass is 990 g/mol. The van der Waals surface area contributed by atoms with Gasteiger partial charge >= 0.3 is 6.21 Å². The number of hydrogen-bond donors (Lipinski definition) is 6. The molecule has 0 saturated heterocycles. The molecule has 0 radical (unpaired) electrons. The Balaban J connectivity index is 0.00000107. The average molecular weight is 992 g/mol. The third kappa shape index (κ3) is 23.1. The van der Waals surface area contributed by atoms with Crippen molar-refractivity contribution in [1.29, 1.82) is 5.53 Å². The van der Waals surface area contributed by atoms with Crippen molar-refractivity contribution in [3.8, 4) is 0 Å². The van der Waals surface area contributed by atoms with Gasteiger partial charge in [-0.3, -0.25) is 15.0 Å². The summed E-state index contributed by atoms with van der Waals surface area (Å²) in [5.74, 6) is 0.223. The van der Waals surface area contributed by atoms with Gasteiger partial charge < -0.3 is 46.7 Å². The minimum atomic E-state index is -4.19. The number of carboxylic acid groups (broad SMARTS) is 2. The van der Waals surface area contributed by atoms with Crippen molar-refractivity contribution in [1.82, 2.24) is 4.72 Å². The molecule has 0 aliphatic carbocycles. The van der Waals surface area contributed by atoms with Gasteiger partial charge in [0.1, 0.15) is 6.04 Å². The maximum Gasteiger partial charge on any atom is 0.372 e. The minimum Gasteiger partial charge on any atom is -0.693 e. The van der Waals surface area contributed by atoms with Crippen LogP contribution in [0.25, 0.3) is 6.15 Å². The predicted molar refractivity (Wildman–Crippen MR) is 243 cm³/mol. The molecule has 12 N–H and O–H groups in total. The van der Waals surface area contributed by atoms with Crippen molar-refractivity contribution in [2.45, 2.75) is 47.6 Å². The highest BCUT2D eigenvalue weighted by Crippen LogP contribution is 2.25. The molecule has 4 aromatic carbocycles. The topological polar surface area (TPSA) is 422 Å². The lowest BCUT2D eigenvalue weighted by Crippen LogP contribution is -2.68. The average Bonchev–Trinajstić information content (AvgIpc) is 3.29. The van der Waals surface area contributed by atoms with Gasteiger partial charge in [0.25, 0.3) is 9.05 Å². The van der Waals surface area contributed by atoms with E-state index in [1.165, 1.54) is 36.4 Å². The van der Waals surface area contributed by atoms with Crippen LogP contribution in [0.4, 0.5) is 34.1 Å². The highest BCUT2D eigenvalue weighted by atomic mass is 35.7. The van der Waals surface area contributed by atoms with Crippen LogP contribution in [0.3, 0.4) is 0 Å². The SMILES string of the molecule is CN(C)c1ccc(N=Nc2ccc(S(=O)(=O)Cl)cc2)cc1.CN(C)c1ccc(N=Nc2ccc(S(=O)(=O)NC(CCC(=O)C=[N+]=N)C(=O)[O-])cc2)cc1.[2H]ON.[NH2+]=CC(=O)CCC([NH3+])C(=O)[O-].[NH2-]. The maximum atomic E-state index is 12.5. The number of carboxylic acids is 2. The first-order valence-electron chi connectivity index (χ1n) is 19.3. The van der Waals surface area contributed by atoms with Gasteiger partial charge in [-0.15, -0.1) is 0 Å². The van der Waals surface area contributed by atoms with Crippen molar-refractivity contribution in [3.05, 3.63) is 103 Å². The van der Waals surface area contributed by atoms with E-state index in [1.54, 1.807) is 24.3 Å². The molecular weight excluding hydrogens is 938 g/mol. The summed E-state index contributed by atoms with van der Waals surface area (Å²) in [4.78, 5) is 49.8. The molecule has 0 heterocycles. The number of nitrogens with zero attached hydrogens (tertiary/aromatic N) is 7. The highest BCUT2D eigenvalue weighted by Gasteiger charge is 2.22. The number of halogens is 1. The summed E-state index contributed by atoms with van der Waals surface area (Å²) < 4.78 is 54.7. The van der Waals surface area contributed by atoms with E-state index in [2.05, 4.69) is 42.1 Å². The van der Waals surface area contributed by atoms with E-state index in [1.807, 2.05) is 79.1 Å². The van der Waals surface area contributed by atoms with E-state index < -0.39 is 48.9 Å². The third-order valence-corrected chi connectivity index (χ3v) is 11.1. The van der Waals surface area contributed by atoms with E-state index in [0.717, 1.165) is 23.3 Å². The Morgan fingerprint density at radius 2 is 1.12 bits per heavy atom. The molecule has 362 valence electrons. The molecule has 0 fully saturated rings. The zero-order valence-electron chi connectivity index (χ0n) is 37.6. The van der Waals surface area contributed by atoms with Gasteiger partial charge in [0, 0.05) is 69.5 Å². The molecule has 4 aromatic rings. The lowest BCUT2D eigenvalue weighted by Gasteiger charge is -2.18. The molecule has 0 spiro atoms. The van der Waals surface area contributed by atoms with Crippen LogP contribution in [0.1, 0.15) is 25.7 Å². The minimum absolute atomic E-state index is 0. The molecular formula is C40H52ClN13O11S2. The van der Waals surface area contributed by atoms with Crippen LogP contribution in [-0.4, -0.2) is 103 Å². The van der Waals surface area contributed by atoms with E-state index in [4.69, 9.17) is 23.1 Å². The zero-order valence-corrected chi connectivity index (χ0v) is 39.0. The smallest absolute Gasteiger partial charge is 0.372 e. The predicted octanol–water partition coefficient (Wildman–Crippen LogP) is 0.897. The van der Waals surface area contributed by atoms with Gasteiger partial charge in [-0.25, -0.2) is 27.5 Å². The molecule has 0 bridgehead atoms. The summed E-state index contributed by atoms with van der Waals surface area (Å²) in [6, 6.07) is 23.8. The van der Waals surface area contributed by atoms with E-state index >= 15 is 0 Å². The fourth-order valence-electron chi connectivity index (χ4n) is 4.65. The van der Waals surface area contributed by atoms with Crippen LogP contribution < -0.4 is 41.8 Å². The Morgan fingerprint density at radius 1 is 0.761 bits per heavy atom. The lowest BCUT2D eigenvalue weighted by molar-refractivity contribution is -0.438.